The number of rotatable bonds is 2. The molecule has 0 aromatic heterocycles. The molecular weight excluding hydrogens is 456 g/mol. The van der Waals surface area contributed by atoms with Crippen LogP contribution in [0.5, 0.6) is 11.5 Å². The van der Waals surface area contributed by atoms with Gasteiger partial charge in [-0.25, -0.2) is 4.90 Å². The van der Waals surface area contributed by atoms with Gasteiger partial charge in [0, 0.05) is 35.7 Å². The molecule has 176 valence electrons. The fraction of sp³-hybridized carbons (Fsp3) is 0.760. The first-order chi connectivity index (χ1) is 16.1. The van der Waals surface area contributed by atoms with Crippen molar-refractivity contribution < 1.29 is 19.7 Å². The molecule has 8 atom stereocenters. The standard InChI is InChI=1S/C25H30N2O4S2/c28-16-4-3-14-9-17-25(29)6-5-24(21-27-15(11-32-21)12-33-22(27)31-24)20-23(25,18(14)19(16)30-20)7-8-26(17)10-13-1-2-13/h3-4,13,15,17,20-22,28-29H,1-2,5-12H2/t15-,17-,20-,21+,22+,23+,24+,25-/m1/s1. The zero-order valence-electron chi connectivity index (χ0n) is 18.6. The highest BCUT2D eigenvalue weighted by molar-refractivity contribution is 8.02. The van der Waals surface area contributed by atoms with Gasteiger partial charge in [0.25, 0.3) is 0 Å². The van der Waals surface area contributed by atoms with Crippen LogP contribution in [0, 0.1) is 5.92 Å². The van der Waals surface area contributed by atoms with E-state index in [4.69, 9.17) is 9.47 Å². The number of fused-ring (bicyclic) bond motifs is 2. The van der Waals surface area contributed by atoms with Gasteiger partial charge in [-0.2, -0.15) is 0 Å². The van der Waals surface area contributed by atoms with Crippen molar-refractivity contribution in [2.24, 2.45) is 5.92 Å². The Morgan fingerprint density at radius 1 is 1.12 bits per heavy atom. The van der Waals surface area contributed by atoms with Crippen LogP contribution in [0.25, 0.3) is 0 Å². The van der Waals surface area contributed by atoms with Crippen molar-refractivity contribution in [3.05, 3.63) is 23.3 Å². The van der Waals surface area contributed by atoms with Crippen LogP contribution in [0.2, 0.25) is 0 Å². The summed E-state index contributed by atoms with van der Waals surface area (Å²) in [5.74, 6) is 3.96. The number of phenolic OH excluding ortho intramolecular Hbond substituents is 1. The van der Waals surface area contributed by atoms with Crippen molar-refractivity contribution in [2.45, 2.75) is 84.3 Å². The molecule has 8 heteroatoms. The van der Waals surface area contributed by atoms with Gasteiger partial charge < -0.3 is 19.7 Å². The topological polar surface area (TPSA) is 65.4 Å². The largest absolute Gasteiger partial charge is 0.504 e. The van der Waals surface area contributed by atoms with Gasteiger partial charge in [0.1, 0.15) is 11.7 Å². The molecule has 0 radical (unpaired) electrons. The highest BCUT2D eigenvalue weighted by atomic mass is 32.2. The van der Waals surface area contributed by atoms with Crippen LogP contribution in [0.3, 0.4) is 0 Å². The summed E-state index contributed by atoms with van der Waals surface area (Å²) in [6, 6.07) is 4.61. The molecule has 9 rings (SSSR count). The number of likely N-dealkylation sites (tertiary alicyclic amines) is 1. The molecule has 2 bridgehead atoms. The van der Waals surface area contributed by atoms with Crippen LogP contribution in [-0.4, -0.2) is 84.9 Å². The van der Waals surface area contributed by atoms with Crippen LogP contribution in [0.1, 0.15) is 43.2 Å². The van der Waals surface area contributed by atoms with E-state index in [1.165, 1.54) is 18.4 Å². The average molecular weight is 487 g/mol. The summed E-state index contributed by atoms with van der Waals surface area (Å²) in [4.78, 5) is 5.21. The van der Waals surface area contributed by atoms with E-state index in [2.05, 4.69) is 15.9 Å². The number of thioether (sulfide) groups is 2. The highest BCUT2D eigenvalue weighted by Gasteiger charge is 2.80. The van der Waals surface area contributed by atoms with Gasteiger partial charge in [0.05, 0.1) is 16.4 Å². The normalized spacial score (nSPS) is 51.1. The van der Waals surface area contributed by atoms with Crippen LogP contribution in [0.15, 0.2) is 12.1 Å². The Morgan fingerprint density at radius 2 is 2.00 bits per heavy atom. The van der Waals surface area contributed by atoms with Gasteiger partial charge in [0.2, 0.25) is 0 Å². The maximum atomic E-state index is 12.7. The molecule has 1 aromatic carbocycles. The molecule has 1 aromatic rings. The Labute approximate surface area is 202 Å². The molecular formula is C25H30N2O4S2. The average Bonchev–Trinajstić information content (AvgIpc) is 3.14. The molecule has 2 N–H and O–H groups in total. The van der Waals surface area contributed by atoms with Crippen LogP contribution >= 0.6 is 23.5 Å². The van der Waals surface area contributed by atoms with Crippen LogP contribution < -0.4 is 4.74 Å². The number of hydrogen-bond donors (Lipinski definition) is 2. The first kappa shape index (κ1) is 19.5. The molecule has 6 nitrogen and oxygen atoms in total. The molecule has 8 aliphatic rings. The number of benzene rings is 1. The summed E-state index contributed by atoms with van der Waals surface area (Å²) >= 11 is 3.97. The van der Waals surface area contributed by atoms with Crippen molar-refractivity contribution in [1.29, 1.82) is 0 Å². The van der Waals surface area contributed by atoms with Gasteiger partial charge >= 0.3 is 0 Å². The van der Waals surface area contributed by atoms with Gasteiger partial charge in [-0.05, 0) is 62.6 Å². The van der Waals surface area contributed by atoms with Gasteiger partial charge in [-0.1, -0.05) is 6.07 Å². The molecule has 0 amide bonds. The summed E-state index contributed by atoms with van der Waals surface area (Å²) in [5.41, 5.74) is 0.705. The van der Waals surface area contributed by atoms with E-state index < -0.39 is 16.6 Å². The third-order valence-corrected chi connectivity index (χ3v) is 13.1. The predicted octanol–water partition coefficient (Wildman–Crippen LogP) is 2.50. The minimum absolute atomic E-state index is 0.104. The Morgan fingerprint density at radius 3 is 2.88 bits per heavy atom. The second kappa shape index (κ2) is 6.01. The summed E-state index contributed by atoms with van der Waals surface area (Å²) in [6.07, 6.45) is 5.72. The zero-order chi connectivity index (χ0) is 21.7. The second-order valence-electron chi connectivity index (χ2n) is 11.7. The lowest BCUT2D eigenvalue weighted by Crippen LogP contribution is -2.80. The van der Waals surface area contributed by atoms with Gasteiger partial charge in [-0.3, -0.25) is 4.90 Å². The van der Waals surface area contributed by atoms with Crippen molar-refractivity contribution >= 4 is 23.5 Å². The second-order valence-corrected chi connectivity index (χ2v) is 13.9. The van der Waals surface area contributed by atoms with E-state index in [0.29, 0.717) is 11.8 Å². The molecule has 33 heavy (non-hydrogen) atoms. The maximum Gasteiger partial charge on any atom is 0.165 e. The maximum absolute atomic E-state index is 12.7. The molecule has 5 heterocycles. The fourth-order valence-electron chi connectivity index (χ4n) is 8.88. The van der Waals surface area contributed by atoms with E-state index >= 15 is 0 Å². The lowest BCUT2D eigenvalue weighted by Gasteiger charge is -2.66. The summed E-state index contributed by atoms with van der Waals surface area (Å²) in [5, 5.41) is 23.9. The van der Waals surface area contributed by atoms with E-state index in [1.54, 1.807) is 0 Å². The number of phenols is 1. The number of aromatic hydroxyl groups is 1. The number of ether oxygens (including phenoxy) is 2. The summed E-state index contributed by atoms with van der Waals surface area (Å²) in [7, 11) is 0. The Kier molecular flexibility index (Phi) is 3.56. The third kappa shape index (κ3) is 2.07. The third-order valence-electron chi connectivity index (χ3n) is 10.4. The monoisotopic (exact) mass is 486 g/mol. The smallest absolute Gasteiger partial charge is 0.165 e. The Balaban J connectivity index is 1.24. The first-order valence-corrected chi connectivity index (χ1v) is 14.8. The van der Waals surface area contributed by atoms with Crippen molar-refractivity contribution in [1.82, 2.24) is 9.80 Å². The van der Waals surface area contributed by atoms with E-state index in [0.717, 1.165) is 61.8 Å². The zero-order valence-corrected chi connectivity index (χ0v) is 20.2. The summed E-state index contributed by atoms with van der Waals surface area (Å²) < 4.78 is 13.9. The predicted molar refractivity (Wildman–Crippen MR) is 127 cm³/mol. The van der Waals surface area contributed by atoms with E-state index in [9.17, 15) is 10.2 Å². The number of nitrogens with zero attached hydrogens (tertiary/aromatic N) is 2. The lowest BCUT2D eigenvalue weighted by molar-refractivity contribution is -0.237. The van der Waals surface area contributed by atoms with Gasteiger partial charge in [-0.15, -0.1) is 23.5 Å². The molecule has 6 fully saturated rings. The molecule has 0 unspecified atom stereocenters. The van der Waals surface area contributed by atoms with Crippen LogP contribution in [0.4, 0.5) is 0 Å². The highest BCUT2D eigenvalue weighted by Crippen LogP contribution is 2.71. The van der Waals surface area contributed by atoms with Crippen molar-refractivity contribution in [3.63, 3.8) is 0 Å². The van der Waals surface area contributed by atoms with Gasteiger partial charge in [0.15, 0.2) is 17.1 Å². The molecule has 5 aliphatic heterocycles. The first-order valence-electron chi connectivity index (χ1n) is 12.7. The molecule has 3 aliphatic carbocycles. The molecule has 4 saturated heterocycles. The SMILES string of the molecule is Oc1ccc2c3c1O[C@H]1[C@]4(CC[C@@]5(O)[C@@H](C2)N(CC2CC2)CC[C@]315)O[C@H]1SC[C@H]2CS[C@@H]4N21. The quantitative estimate of drug-likeness (QED) is 0.661. The van der Waals surface area contributed by atoms with Crippen molar-refractivity contribution in [2.75, 3.05) is 24.6 Å². The fourth-order valence-corrected chi connectivity index (χ4v) is 12.2. The number of piperidine rings is 1. The molecule has 2 saturated carbocycles. The minimum atomic E-state index is -0.839. The molecule has 2 spiro atoms. The van der Waals surface area contributed by atoms with Crippen molar-refractivity contribution in [3.8, 4) is 11.5 Å². The Hall–Kier alpha value is -0.640. The minimum Gasteiger partial charge on any atom is -0.504 e. The number of hydrogen-bond acceptors (Lipinski definition) is 8. The number of aliphatic hydroxyl groups is 1. The lowest BCUT2D eigenvalue weighted by atomic mass is 9.46. The van der Waals surface area contributed by atoms with Crippen LogP contribution in [-0.2, 0) is 16.6 Å². The summed E-state index contributed by atoms with van der Waals surface area (Å²) in [6.45, 7) is 2.11. The Bertz CT molecular complexity index is 1080. The van der Waals surface area contributed by atoms with E-state index in [-0.39, 0.29) is 28.8 Å². The van der Waals surface area contributed by atoms with E-state index in [1.807, 2.05) is 29.6 Å².